The molecule has 0 aliphatic carbocycles. The molecular formula is C18H19N3O3. The number of nitrogens with zero attached hydrogens (tertiary/aromatic N) is 2. The highest BCUT2D eigenvalue weighted by molar-refractivity contribution is 5.92. The van der Waals surface area contributed by atoms with Crippen molar-refractivity contribution in [3.8, 4) is 5.75 Å². The molecule has 2 aromatic rings. The van der Waals surface area contributed by atoms with Crippen molar-refractivity contribution in [2.24, 2.45) is 0 Å². The van der Waals surface area contributed by atoms with Crippen molar-refractivity contribution in [1.29, 1.82) is 0 Å². The number of ether oxygens (including phenoxy) is 2. The van der Waals surface area contributed by atoms with Crippen molar-refractivity contribution in [3.05, 3.63) is 54.1 Å². The Labute approximate surface area is 140 Å². The summed E-state index contributed by atoms with van der Waals surface area (Å²) in [5, 5.41) is 3.10. The van der Waals surface area contributed by atoms with Gasteiger partial charge >= 0.3 is 0 Å². The van der Waals surface area contributed by atoms with E-state index in [1.165, 1.54) is 12.4 Å². The highest BCUT2D eigenvalue weighted by Crippen LogP contribution is 2.43. The van der Waals surface area contributed by atoms with E-state index in [1.54, 1.807) is 6.20 Å². The summed E-state index contributed by atoms with van der Waals surface area (Å²) >= 11 is 0. The summed E-state index contributed by atoms with van der Waals surface area (Å²) in [5.74, 6) is 0.627. The molecule has 2 aliphatic heterocycles. The average Bonchev–Trinajstić information content (AvgIpc) is 2.63. The van der Waals surface area contributed by atoms with E-state index < -0.39 is 0 Å². The van der Waals surface area contributed by atoms with Gasteiger partial charge in [0.15, 0.2) is 0 Å². The van der Waals surface area contributed by atoms with E-state index >= 15 is 0 Å². The molecule has 24 heavy (non-hydrogen) atoms. The molecule has 6 heteroatoms. The van der Waals surface area contributed by atoms with Gasteiger partial charge in [-0.2, -0.15) is 0 Å². The van der Waals surface area contributed by atoms with Gasteiger partial charge in [0.25, 0.3) is 5.91 Å². The highest BCUT2D eigenvalue weighted by atomic mass is 16.5. The molecule has 1 spiro atoms. The zero-order valence-corrected chi connectivity index (χ0v) is 13.3. The summed E-state index contributed by atoms with van der Waals surface area (Å²) in [5.41, 5.74) is 1.06. The smallest absolute Gasteiger partial charge is 0.271 e. The van der Waals surface area contributed by atoms with Crippen LogP contribution in [0.2, 0.25) is 0 Å². The van der Waals surface area contributed by atoms with Crippen molar-refractivity contribution in [3.63, 3.8) is 0 Å². The van der Waals surface area contributed by atoms with Crippen LogP contribution in [0.4, 0.5) is 0 Å². The SMILES string of the molecule is O=C(N[C@H]1CC2(CCOCC2)Oc2ccccc21)c1cnccn1. The first-order valence-corrected chi connectivity index (χ1v) is 8.18. The topological polar surface area (TPSA) is 73.3 Å². The lowest BCUT2D eigenvalue weighted by atomic mass is 9.82. The molecular weight excluding hydrogens is 306 g/mol. The number of aromatic nitrogens is 2. The molecule has 1 aromatic heterocycles. The Bertz CT molecular complexity index is 729. The third kappa shape index (κ3) is 2.85. The van der Waals surface area contributed by atoms with Crippen molar-refractivity contribution in [1.82, 2.24) is 15.3 Å². The van der Waals surface area contributed by atoms with Gasteiger partial charge in [-0.15, -0.1) is 0 Å². The lowest BCUT2D eigenvalue weighted by molar-refractivity contribution is -0.0639. The Balaban J connectivity index is 1.62. The Morgan fingerprint density at radius 3 is 2.83 bits per heavy atom. The van der Waals surface area contributed by atoms with Gasteiger partial charge in [0.05, 0.1) is 25.5 Å². The van der Waals surface area contributed by atoms with Crippen LogP contribution < -0.4 is 10.1 Å². The molecule has 6 nitrogen and oxygen atoms in total. The number of benzene rings is 1. The molecule has 4 rings (SSSR count). The number of nitrogens with one attached hydrogen (secondary N) is 1. The molecule has 1 saturated heterocycles. The first-order chi connectivity index (χ1) is 11.8. The minimum absolute atomic E-state index is 0.109. The summed E-state index contributed by atoms with van der Waals surface area (Å²) in [4.78, 5) is 20.6. The zero-order chi connectivity index (χ0) is 16.4. The number of amides is 1. The molecule has 124 valence electrons. The predicted molar refractivity (Wildman–Crippen MR) is 86.7 cm³/mol. The van der Waals surface area contributed by atoms with Gasteiger partial charge in [0.2, 0.25) is 0 Å². The normalized spacial score (nSPS) is 21.6. The molecule has 1 N–H and O–H groups in total. The minimum Gasteiger partial charge on any atom is -0.487 e. The van der Waals surface area contributed by atoms with Crippen LogP contribution in [0.25, 0.3) is 0 Å². The quantitative estimate of drug-likeness (QED) is 0.917. The van der Waals surface area contributed by atoms with Crippen LogP contribution >= 0.6 is 0 Å². The molecule has 0 radical (unpaired) electrons. The van der Waals surface area contributed by atoms with E-state index in [0.29, 0.717) is 18.9 Å². The Morgan fingerprint density at radius 2 is 2.04 bits per heavy atom. The largest absolute Gasteiger partial charge is 0.487 e. The molecule has 1 fully saturated rings. The molecule has 1 aromatic carbocycles. The molecule has 1 amide bonds. The van der Waals surface area contributed by atoms with Gasteiger partial charge in [0.1, 0.15) is 17.0 Å². The van der Waals surface area contributed by atoms with Gasteiger partial charge < -0.3 is 14.8 Å². The molecule has 0 bridgehead atoms. The molecule has 0 saturated carbocycles. The van der Waals surface area contributed by atoms with Gasteiger partial charge in [-0.1, -0.05) is 18.2 Å². The molecule has 3 heterocycles. The Hall–Kier alpha value is -2.47. The number of hydrogen-bond donors (Lipinski definition) is 1. The lowest BCUT2D eigenvalue weighted by Gasteiger charge is -2.44. The van der Waals surface area contributed by atoms with Crippen molar-refractivity contribution in [2.45, 2.75) is 30.9 Å². The van der Waals surface area contributed by atoms with Crippen LogP contribution in [-0.4, -0.2) is 34.7 Å². The fourth-order valence-corrected chi connectivity index (χ4v) is 3.45. The Kier molecular flexibility index (Phi) is 3.90. The monoisotopic (exact) mass is 325 g/mol. The summed E-state index contributed by atoms with van der Waals surface area (Å²) in [6.45, 7) is 1.37. The van der Waals surface area contributed by atoms with Crippen LogP contribution in [-0.2, 0) is 4.74 Å². The summed E-state index contributed by atoms with van der Waals surface area (Å²) in [6, 6.07) is 7.78. The van der Waals surface area contributed by atoms with Gasteiger partial charge in [-0.05, 0) is 6.07 Å². The molecule has 0 unspecified atom stereocenters. The zero-order valence-electron chi connectivity index (χ0n) is 13.3. The maximum Gasteiger partial charge on any atom is 0.271 e. The number of para-hydroxylation sites is 1. The highest BCUT2D eigenvalue weighted by Gasteiger charge is 2.42. The summed E-state index contributed by atoms with van der Waals surface area (Å²) < 4.78 is 11.8. The standard InChI is InChI=1S/C18H19N3O3/c22-17(15-12-19-7-8-20-15)21-14-11-18(5-9-23-10-6-18)24-16-4-2-1-3-13(14)16/h1-4,7-8,12,14H,5-6,9-11H2,(H,21,22)/t14-/m0/s1. The Morgan fingerprint density at radius 1 is 1.21 bits per heavy atom. The van der Waals surface area contributed by atoms with Crippen molar-refractivity contribution >= 4 is 5.91 Å². The van der Waals surface area contributed by atoms with Crippen molar-refractivity contribution < 1.29 is 14.3 Å². The lowest BCUT2D eigenvalue weighted by Crippen LogP contribution is -2.48. The van der Waals surface area contributed by atoms with Crippen LogP contribution in [0, 0.1) is 0 Å². The van der Waals surface area contributed by atoms with Crippen molar-refractivity contribution in [2.75, 3.05) is 13.2 Å². The van der Waals surface area contributed by atoms with E-state index in [-0.39, 0.29) is 17.6 Å². The van der Waals surface area contributed by atoms with E-state index in [9.17, 15) is 4.79 Å². The molecule has 2 aliphatic rings. The van der Waals surface area contributed by atoms with Crippen LogP contribution in [0.5, 0.6) is 5.75 Å². The van der Waals surface area contributed by atoms with Crippen LogP contribution in [0.15, 0.2) is 42.9 Å². The fourth-order valence-electron chi connectivity index (χ4n) is 3.45. The second-order valence-corrected chi connectivity index (χ2v) is 6.26. The average molecular weight is 325 g/mol. The van der Waals surface area contributed by atoms with E-state index in [4.69, 9.17) is 9.47 Å². The number of carbonyl (C=O) groups excluding carboxylic acids is 1. The van der Waals surface area contributed by atoms with Crippen LogP contribution in [0.1, 0.15) is 41.4 Å². The van der Waals surface area contributed by atoms with E-state index in [1.807, 2.05) is 24.3 Å². The minimum atomic E-state index is -0.271. The summed E-state index contributed by atoms with van der Waals surface area (Å²) in [7, 11) is 0. The van der Waals surface area contributed by atoms with E-state index in [2.05, 4.69) is 15.3 Å². The predicted octanol–water partition coefficient (Wildman–Crippen LogP) is 2.28. The second-order valence-electron chi connectivity index (χ2n) is 6.26. The third-order valence-electron chi connectivity index (χ3n) is 4.70. The number of carbonyl (C=O) groups is 1. The van der Waals surface area contributed by atoms with Gasteiger partial charge in [0, 0.05) is 37.2 Å². The number of hydrogen-bond acceptors (Lipinski definition) is 5. The number of fused-ring (bicyclic) bond motifs is 1. The van der Waals surface area contributed by atoms with Gasteiger partial charge in [-0.3, -0.25) is 9.78 Å². The number of rotatable bonds is 2. The third-order valence-corrected chi connectivity index (χ3v) is 4.70. The maximum absolute atomic E-state index is 12.5. The fraction of sp³-hybridized carbons (Fsp3) is 0.389. The van der Waals surface area contributed by atoms with E-state index in [0.717, 1.165) is 30.6 Å². The molecule has 1 atom stereocenters. The summed E-state index contributed by atoms with van der Waals surface area (Å²) in [6.07, 6.45) is 6.95. The first-order valence-electron chi connectivity index (χ1n) is 8.18. The van der Waals surface area contributed by atoms with Gasteiger partial charge in [-0.25, -0.2) is 4.98 Å². The maximum atomic E-state index is 12.5. The second kappa shape index (κ2) is 6.20. The van der Waals surface area contributed by atoms with Crippen LogP contribution in [0.3, 0.4) is 0 Å². The first kappa shape index (κ1) is 15.1.